The number of benzene rings is 3. The Hall–Kier alpha value is -4.35. The van der Waals surface area contributed by atoms with Crippen LogP contribution in [0.25, 0.3) is 0 Å². The predicted octanol–water partition coefficient (Wildman–Crippen LogP) is 5.44. The van der Waals surface area contributed by atoms with Crippen LogP contribution in [0.3, 0.4) is 0 Å². The lowest BCUT2D eigenvalue weighted by atomic mass is 9.88. The minimum absolute atomic E-state index is 0.0402. The SMILES string of the molecule is C=CC1CC1(NC(=O)[C@H]1CN(C(=O)OC(C)(C)C)C[C@@H]1c1ccc(Cl)cc1)C(=O)NS(=O)(=O)c1cccc(OCc2ccccc2)c1. The maximum Gasteiger partial charge on any atom is 0.410 e. The topological polar surface area (TPSA) is 131 Å². The number of sulfonamides is 1. The van der Waals surface area contributed by atoms with Crippen molar-refractivity contribution >= 4 is 39.5 Å². The van der Waals surface area contributed by atoms with Gasteiger partial charge in [-0.3, -0.25) is 9.59 Å². The van der Waals surface area contributed by atoms with Crippen LogP contribution < -0.4 is 14.8 Å². The molecule has 3 amide bonds. The Morgan fingerprint density at radius 3 is 2.36 bits per heavy atom. The number of carbonyl (C=O) groups is 3. The molecule has 0 spiro atoms. The van der Waals surface area contributed by atoms with Gasteiger partial charge in [0.25, 0.3) is 15.9 Å². The molecule has 2 aliphatic rings. The van der Waals surface area contributed by atoms with Gasteiger partial charge in [-0.2, -0.15) is 0 Å². The number of halogens is 1. The van der Waals surface area contributed by atoms with Crippen LogP contribution in [0.5, 0.6) is 5.75 Å². The van der Waals surface area contributed by atoms with Crippen LogP contribution in [0.1, 0.15) is 44.2 Å². The predicted molar refractivity (Wildman–Crippen MR) is 177 cm³/mol. The average molecular weight is 680 g/mol. The minimum Gasteiger partial charge on any atom is -0.489 e. The molecular formula is C35H38ClN3O7S. The van der Waals surface area contributed by atoms with E-state index in [2.05, 4.69) is 16.6 Å². The first kappa shape index (κ1) is 34.0. The highest BCUT2D eigenvalue weighted by Gasteiger charge is 2.61. The molecule has 1 aliphatic carbocycles. The van der Waals surface area contributed by atoms with Crippen molar-refractivity contribution in [2.75, 3.05) is 13.1 Å². The van der Waals surface area contributed by atoms with Crippen LogP contribution in [0, 0.1) is 11.8 Å². The fraction of sp³-hybridized carbons (Fsp3) is 0.343. The summed E-state index contributed by atoms with van der Waals surface area (Å²) in [5.74, 6) is -2.75. The molecule has 2 unspecified atom stereocenters. The normalized spacial score (nSPS) is 22.2. The van der Waals surface area contributed by atoms with Crippen molar-refractivity contribution < 1.29 is 32.3 Å². The third-order valence-corrected chi connectivity index (χ3v) is 9.83. The smallest absolute Gasteiger partial charge is 0.410 e. The van der Waals surface area contributed by atoms with E-state index < -0.39 is 56.8 Å². The number of nitrogens with zero attached hydrogens (tertiary/aromatic N) is 1. The Balaban J connectivity index is 1.32. The van der Waals surface area contributed by atoms with Crippen molar-refractivity contribution in [3.05, 3.63) is 108 Å². The second-order valence-electron chi connectivity index (χ2n) is 12.8. The molecule has 0 bridgehead atoms. The van der Waals surface area contributed by atoms with Crippen molar-refractivity contribution in [2.45, 2.75) is 55.8 Å². The largest absolute Gasteiger partial charge is 0.489 e. The minimum atomic E-state index is -4.34. The Morgan fingerprint density at radius 2 is 1.72 bits per heavy atom. The first-order chi connectivity index (χ1) is 22.2. The molecule has 2 N–H and O–H groups in total. The number of ether oxygens (including phenoxy) is 2. The van der Waals surface area contributed by atoms with Crippen LogP contribution >= 0.6 is 11.6 Å². The van der Waals surface area contributed by atoms with Crippen molar-refractivity contribution in [2.24, 2.45) is 11.8 Å². The summed E-state index contributed by atoms with van der Waals surface area (Å²) >= 11 is 6.10. The van der Waals surface area contributed by atoms with Crippen LogP contribution in [0.4, 0.5) is 4.79 Å². The second-order valence-corrected chi connectivity index (χ2v) is 15.0. The molecular weight excluding hydrogens is 642 g/mol. The molecule has 47 heavy (non-hydrogen) atoms. The molecule has 0 radical (unpaired) electrons. The average Bonchev–Trinajstić information content (AvgIpc) is 3.56. The fourth-order valence-corrected chi connectivity index (χ4v) is 6.88. The van der Waals surface area contributed by atoms with E-state index in [0.717, 1.165) is 11.1 Å². The van der Waals surface area contributed by atoms with Crippen LogP contribution in [0.2, 0.25) is 5.02 Å². The number of carbonyl (C=O) groups excluding carboxylic acids is 3. The van der Waals surface area contributed by atoms with Crippen molar-refractivity contribution in [3.63, 3.8) is 0 Å². The number of nitrogens with one attached hydrogen (secondary N) is 2. The molecule has 248 valence electrons. The Labute approximate surface area is 280 Å². The second kappa shape index (κ2) is 13.4. The van der Waals surface area contributed by atoms with Gasteiger partial charge in [0.15, 0.2) is 0 Å². The molecule has 1 saturated heterocycles. The van der Waals surface area contributed by atoms with Crippen molar-refractivity contribution in [3.8, 4) is 5.75 Å². The Kier molecular flexibility index (Phi) is 9.70. The highest BCUT2D eigenvalue weighted by molar-refractivity contribution is 7.90. The Morgan fingerprint density at radius 1 is 1.02 bits per heavy atom. The van der Waals surface area contributed by atoms with Crippen LogP contribution in [-0.2, 0) is 31.0 Å². The molecule has 1 heterocycles. The summed E-state index contributed by atoms with van der Waals surface area (Å²) in [6, 6.07) is 22.2. The molecule has 10 nitrogen and oxygen atoms in total. The quantitative estimate of drug-likeness (QED) is 0.273. The van der Waals surface area contributed by atoms with Crippen molar-refractivity contribution in [1.82, 2.24) is 14.9 Å². The summed E-state index contributed by atoms with van der Waals surface area (Å²) in [4.78, 5) is 41.9. The zero-order chi connectivity index (χ0) is 34.0. The summed E-state index contributed by atoms with van der Waals surface area (Å²) in [7, 11) is -4.34. The molecule has 1 saturated carbocycles. The van der Waals surface area contributed by atoms with Gasteiger partial charge in [-0.05, 0) is 62.6 Å². The van der Waals surface area contributed by atoms with Crippen LogP contribution in [0.15, 0.2) is 96.4 Å². The monoisotopic (exact) mass is 679 g/mol. The molecule has 2 fully saturated rings. The number of hydrogen-bond donors (Lipinski definition) is 2. The summed E-state index contributed by atoms with van der Waals surface area (Å²) in [5.41, 5.74) is -0.575. The molecule has 4 atom stereocenters. The van der Waals surface area contributed by atoms with E-state index in [9.17, 15) is 22.8 Å². The van der Waals surface area contributed by atoms with Gasteiger partial charge < -0.3 is 19.7 Å². The number of rotatable bonds is 10. The summed E-state index contributed by atoms with van der Waals surface area (Å²) < 4.78 is 40.3. The third-order valence-electron chi connectivity index (χ3n) is 8.25. The standard InChI is InChI=1S/C35H38ClN3O7S/c1-5-25-19-35(25,32(41)38-47(43,44)28-13-9-12-27(18-28)45-22-23-10-7-6-8-11-23)37-31(40)30-21-39(33(42)46-34(2,3)4)20-29(30)24-14-16-26(36)17-15-24/h5-18,25,29-30H,1,19-22H2,2-4H3,(H,37,40)(H,38,41)/t25?,29-,30+,35?/m1/s1. The van der Waals surface area contributed by atoms with Gasteiger partial charge in [-0.25, -0.2) is 17.9 Å². The van der Waals surface area contributed by atoms with E-state index >= 15 is 0 Å². The lowest BCUT2D eigenvalue weighted by molar-refractivity contribution is -0.131. The lowest BCUT2D eigenvalue weighted by Gasteiger charge is -2.24. The van der Waals surface area contributed by atoms with Gasteiger partial charge in [0.05, 0.1) is 10.8 Å². The lowest BCUT2D eigenvalue weighted by Crippen LogP contribution is -2.53. The maximum absolute atomic E-state index is 13.9. The zero-order valence-corrected chi connectivity index (χ0v) is 28.0. The molecule has 3 aromatic carbocycles. The third kappa shape index (κ3) is 7.97. The highest BCUT2D eigenvalue weighted by Crippen LogP contribution is 2.46. The van der Waals surface area contributed by atoms with E-state index in [-0.39, 0.29) is 31.0 Å². The summed E-state index contributed by atoms with van der Waals surface area (Å²) in [5, 5.41) is 3.36. The Bertz CT molecular complexity index is 1760. The molecule has 12 heteroatoms. The molecule has 5 rings (SSSR count). The first-order valence-electron chi connectivity index (χ1n) is 15.2. The van der Waals surface area contributed by atoms with E-state index in [0.29, 0.717) is 10.8 Å². The molecule has 3 aromatic rings. The van der Waals surface area contributed by atoms with Crippen molar-refractivity contribution in [1.29, 1.82) is 0 Å². The van der Waals surface area contributed by atoms with Gasteiger partial charge in [-0.15, -0.1) is 6.58 Å². The maximum atomic E-state index is 13.9. The van der Waals surface area contributed by atoms with Gasteiger partial charge >= 0.3 is 6.09 Å². The first-order valence-corrected chi connectivity index (χ1v) is 17.1. The van der Waals surface area contributed by atoms with Crippen LogP contribution in [-0.4, -0.2) is 55.5 Å². The van der Waals surface area contributed by atoms with E-state index in [1.54, 1.807) is 51.1 Å². The van der Waals surface area contributed by atoms with E-state index in [1.807, 2.05) is 30.3 Å². The van der Waals surface area contributed by atoms with Gasteiger partial charge in [-0.1, -0.05) is 66.2 Å². The number of hydrogen-bond acceptors (Lipinski definition) is 7. The zero-order valence-electron chi connectivity index (χ0n) is 26.4. The van der Waals surface area contributed by atoms with Gasteiger partial charge in [0.1, 0.15) is 23.5 Å². The van der Waals surface area contributed by atoms with E-state index in [1.165, 1.54) is 29.2 Å². The highest BCUT2D eigenvalue weighted by atomic mass is 35.5. The summed E-state index contributed by atoms with van der Waals surface area (Å²) in [6.45, 7) is 9.53. The number of likely N-dealkylation sites (tertiary alicyclic amines) is 1. The molecule has 0 aromatic heterocycles. The fourth-order valence-electron chi connectivity index (χ4n) is 5.68. The number of amides is 3. The van der Waals surface area contributed by atoms with E-state index in [4.69, 9.17) is 21.1 Å². The summed E-state index contributed by atoms with van der Waals surface area (Å²) in [6.07, 6.45) is 1.12. The molecule has 1 aliphatic heterocycles. The van der Waals surface area contributed by atoms with Gasteiger partial charge in [0, 0.05) is 36.0 Å². The van der Waals surface area contributed by atoms with Gasteiger partial charge in [0.2, 0.25) is 5.91 Å².